The van der Waals surface area contributed by atoms with E-state index in [-0.39, 0.29) is 11.8 Å². The number of nitrogens with zero attached hydrogens (tertiary/aromatic N) is 6. The predicted octanol–water partition coefficient (Wildman–Crippen LogP) is 1.81. The van der Waals surface area contributed by atoms with Gasteiger partial charge in [0.15, 0.2) is 0 Å². The second kappa shape index (κ2) is 7.02. The third-order valence-corrected chi connectivity index (χ3v) is 4.92. The van der Waals surface area contributed by atoms with Crippen LogP contribution in [0.25, 0.3) is 5.78 Å². The van der Waals surface area contributed by atoms with Gasteiger partial charge >= 0.3 is 0 Å². The first-order valence-electron chi connectivity index (χ1n) is 9.37. The minimum absolute atomic E-state index is 0.200. The molecule has 0 radical (unpaired) electrons. The summed E-state index contributed by atoms with van der Waals surface area (Å²) in [6.07, 6.45) is 5.30. The molecule has 140 valence electrons. The molecule has 0 unspecified atom stereocenters. The molecule has 1 aliphatic rings. The van der Waals surface area contributed by atoms with Crippen molar-refractivity contribution in [2.24, 2.45) is 0 Å². The van der Waals surface area contributed by atoms with E-state index in [0.29, 0.717) is 24.4 Å². The molecule has 3 heterocycles. The van der Waals surface area contributed by atoms with Gasteiger partial charge in [-0.15, -0.1) is 0 Å². The Kier molecular flexibility index (Phi) is 4.55. The zero-order chi connectivity index (χ0) is 19.0. The number of carbonyl (C=O) groups is 1. The van der Waals surface area contributed by atoms with E-state index < -0.39 is 0 Å². The molecule has 0 saturated carbocycles. The lowest BCUT2D eigenvalue weighted by atomic mass is 10.1. The third kappa shape index (κ3) is 3.39. The molecule has 1 amide bonds. The second-order valence-electron chi connectivity index (χ2n) is 7.20. The van der Waals surface area contributed by atoms with Crippen LogP contribution in [0.5, 0.6) is 0 Å². The highest BCUT2D eigenvalue weighted by atomic mass is 16.1. The van der Waals surface area contributed by atoms with Crippen molar-refractivity contribution in [1.29, 1.82) is 0 Å². The third-order valence-electron chi connectivity index (χ3n) is 4.92. The quantitative estimate of drug-likeness (QED) is 0.740. The van der Waals surface area contributed by atoms with Crippen LogP contribution in [0.3, 0.4) is 0 Å². The molecule has 0 saturated heterocycles. The summed E-state index contributed by atoms with van der Waals surface area (Å²) < 4.78 is 1.67. The van der Waals surface area contributed by atoms with E-state index >= 15 is 0 Å². The zero-order valence-electron chi connectivity index (χ0n) is 15.9. The number of nitrogens with one attached hydrogen (secondary N) is 1. The number of rotatable bonds is 5. The standard InChI is InChI=1S/C19H23N7O/c1-11(2)16-9-15(25-19-21-10-22-26(16)19)18(27)20-8-7-17-23-12(3)13-5-4-6-14(13)24-17/h9-11H,4-8H2,1-3H3,(H,20,27). The van der Waals surface area contributed by atoms with Gasteiger partial charge in [-0.1, -0.05) is 13.8 Å². The van der Waals surface area contributed by atoms with E-state index in [9.17, 15) is 4.79 Å². The van der Waals surface area contributed by atoms with Crippen molar-refractivity contribution >= 4 is 11.7 Å². The van der Waals surface area contributed by atoms with Crippen LogP contribution in [-0.4, -0.2) is 42.0 Å². The van der Waals surface area contributed by atoms with Crippen molar-refractivity contribution in [3.05, 3.63) is 46.6 Å². The number of amides is 1. The normalized spacial score (nSPS) is 13.3. The van der Waals surface area contributed by atoms with Crippen LogP contribution in [0, 0.1) is 6.92 Å². The molecule has 0 aliphatic heterocycles. The van der Waals surface area contributed by atoms with E-state index in [4.69, 9.17) is 0 Å². The molecule has 4 rings (SSSR count). The van der Waals surface area contributed by atoms with Crippen molar-refractivity contribution in [2.75, 3.05) is 6.54 Å². The van der Waals surface area contributed by atoms with E-state index in [1.54, 1.807) is 10.6 Å². The summed E-state index contributed by atoms with van der Waals surface area (Å²) in [7, 11) is 0. The van der Waals surface area contributed by atoms with Crippen LogP contribution < -0.4 is 5.32 Å². The van der Waals surface area contributed by atoms with Gasteiger partial charge in [0.25, 0.3) is 11.7 Å². The number of aryl methyl sites for hydroxylation is 2. The van der Waals surface area contributed by atoms with Gasteiger partial charge in [-0.3, -0.25) is 4.79 Å². The smallest absolute Gasteiger partial charge is 0.270 e. The maximum Gasteiger partial charge on any atom is 0.270 e. The van der Waals surface area contributed by atoms with E-state index in [1.807, 2.05) is 20.8 Å². The summed E-state index contributed by atoms with van der Waals surface area (Å²) in [5, 5.41) is 7.09. The molecule has 1 N–H and O–H groups in total. The summed E-state index contributed by atoms with van der Waals surface area (Å²) in [4.78, 5) is 30.2. The largest absolute Gasteiger partial charge is 0.350 e. The number of aromatic nitrogens is 6. The summed E-state index contributed by atoms with van der Waals surface area (Å²) in [6, 6.07) is 1.78. The molecule has 0 spiro atoms. The zero-order valence-corrected chi connectivity index (χ0v) is 15.9. The summed E-state index contributed by atoms with van der Waals surface area (Å²) in [5.74, 6) is 1.20. The average molecular weight is 365 g/mol. The molecular formula is C19H23N7O. The SMILES string of the molecule is Cc1nc(CCNC(=O)c2cc(C(C)C)n3ncnc3n2)nc2c1CCC2. The Balaban J connectivity index is 1.46. The van der Waals surface area contributed by atoms with E-state index in [0.717, 1.165) is 36.5 Å². The minimum atomic E-state index is -0.222. The molecule has 8 nitrogen and oxygen atoms in total. The number of hydrogen-bond acceptors (Lipinski definition) is 6. The first kappa shape index (κ1) is 17.5. The minimum Gasteiger partial charge on any atom is -0.350 e. The van der Waals surface area contributed by atoms with E-state index in [2.05, 4.69) is 30.4 Å². The predicted molar refractivity (Wildman–Crippen MR) is 99.7 cm³/mol. The molecule has 0 bridgehead atoms. The molecule has 0 fully saturated rings. The van der Waals surface area contributed by atoms with E-state index in [1.165, 1.54) is 17.6 Å². The monoisotopic (exact) mass is 365 g/mol. The van der Waals surface area contributed by atoms with Gasteiger partial charge in [-0.05, 0) is 43.7 Å². The summed E-state index contributed by atoms with van der Waals surface area (Å²) in [5.41, 5.74) is 4.80. The lowest BCUT2D eigenvalue weighted by Crippen LogP contribution is -2.28. The topological polar surface area (TPSA) is 98.0 Å². The fraction of sp³-hybridized carbons (Fsp3) is 0.474. The van der Waals surface area contributed by atoms with Crippen molar-refractivity contribution in [3.63, 3.8) is 0 Å². The molecule has 8 heteroatoms. The van der Waals surface area contributed by atoms with Gasteiger partial charge in [0.1, 0.15) is 17.8 Å². The Morgan fingerprint density at radius 3 is 2.93 bits per heavy atom. The molecule has 0 aromatic carbocycles. The first-order valence-corrected chi connectivity index (χ1v) is 9.37. The van der Waals surface area contributed by atoms with Crippen molar-refractivity contribution < 1.29 is 4.79 Å². The first-order chi connectivity index (χ1) is 13.0. The van der Waals surface area contributed by atoms with Crippen molar-refractivity contribution in [2.45, 2.75) is 52.4 Å². The number of carbonyl (C=O) groups excluding carboxylic acids is 1. The highest BCUT2D eigenvalue weighted by molar-refractivity contribution is 5.92. The Hall–Kier alpha value is -2.90. The van der Waals surface area contributed by atoms with Gasteiger partial charge in [0.2, 0.25) is 0 Å². The van der Waals surface area contributed by atoms with Gasteiger partial charge < -0.3 is 5.32 Å². The van der Waals surface area contributed by atoms with Crippen molar-refractivity contribution in [1.82, 2.24) is 34.9 Å². The van der Waals surface area contributed by atoms with Gasteiger partial charge in [0, 0.05) is 24.4 Å². The molecule has 27 heavy (non-hydrogen) atoms. The van der Waals surface area contributed by atoms with Crippen molar-refractivity contribution in [3.8, 4) is 0 Å². The molecule has 1 aliphatic carbocycles. The van der Waals surface area contributed by atoms with Gasteiger partial charge in [0.05, 0.1) is 5.69 Å². The maximum absolute atomic E-state index is 12.6. The van der Waals surface area contributed by atoms with Crippen LogP contribution in [0.1, 0.15) is 65.1 Å². The van der Waals surface area contributed by atoms with Crippen LogP contribution in [0.4, 0.5) is 0 Å². The summed E-state index contributed by atoms with van der Waals surface area (Å²) in [6.45, 7) is 6.60. The number of fused-ring (bicyclic) bond motifs is 2. The fourth-order valence-electron chi connectivity index (χ4n) is 3.54. The van der Waals surface area contributed by atoms with Crippen LogP contribution in [0.2, 0.25) is 0 Å². The van der Waals surface area contributed by atoms with Crippen LogP contribution in [-0.2, 0) is 19.3 Å². The highest BCUT2D eigenvalue weighted by Gasteiger charge is 2.18. The Labute approximate surface area is 157 Å². The lowest BCUT2D eigenvalue weighted by molar-refractivity contribution is 0.0949. The second-order valence-corrected chi connectivity index (χ2v) is 7.20. The molecule has 3 aromatic rings. The Bertz CT molecular complexity index is 1010. The highest BCUT2D eigenvalue weighted by Crippen LogP contribution is 2.22. The Morgan fingerprint density at radius 1 is 1.26 bits per heavy atom. The average Bonchev–Trinajstić information content (AvgIpc) is 3.29. The Morgan fingerprint density at radius 2 is 2.11 bits per heavy atom. The summed E-state index contributed by atoms with van der Waals surface area (Å²) >= 11 is 0. The molecular weight excluding hydrogens is 342 g/mol. The van der Waals surface area contributed by atoms with Gasteiger partial charge in [-0.2, -0.15) is 10.1 Å². The van der Waals surface area contributed by atoms with Crippen LogP contribution >= 0.6 is 0 Å². The van der Waals surface area contributed by atoms with Gasteiger partial charge in [-0.25, -0.2) is 19.5 Å². The maximum atomic E-state index is 12.6. The fourth-order valence-corrected chi connectivity index (χ4v) is 3.54. The molecule has 3 aromatic heterocycles. The van der Waals surface area contributed by atoms with Crippen LogP contribution in [0.15, 0.2) is 12.4 Å². The molecule has 0 atom stereocenters. The number of hydrogen-bond donors (Lipinski definition) is 1. The lowest BCUT2D eigenvalue weighted by Gasteiger charge is -2.10.